The van der Waals surface area contributed by atoms with Crippen LogP contribution in [0.5, 0.6) is 5.75 Å². The van der Waals surface area contributed by atoms with Crippen molar-refractivity contribution in [1.82, 2.24) is 0 Å². The number of thioether (sulfide) groups is 1. The summed E-state index contributed by atoms with van der Waals surface area (Å²) < 4.78 is 18.3. The Labute approximate surface area is 92.3 Å². The summed E-state index contributed by atoms with van der Waals surface area (Å²) in [6, 6.07) is 6.06. The minimum atomic E-state index is -0.248. The molecule has 2 nitrogen and oxygen atoms in total. The second kappa shape index (κ2) is 4.68. The number of ether oxygens (including phenoxy) is 1. The predicted octanol–water partition coefficient (Wildman–Crippen LogP) is 2.51. The Bertz CT molecular complexity index is 363. The van der Waals surface area contributed by atoms with Crippen LogP contribution in [-0.2, 0) is 0 Å². The number of hydrogen-bond acceptors (Lipinski definition) is 3. The summed E-state index contributed by atoms with van der Waals surface area (Å²) in [4.78, 5) is 1.15. The standard InChI is InChI=1S/C11H12FNOS/c12-8-1-3-9(4-2-8)14-11-6-5-10(7-13)15-11/h1-5,11H,6-7,13H2. The molecule has 1 aromatic rings. The minimum Gasteiger partial charge on any atom is -0.479 e. The summed E-state index contributed by atoms with van der Waals surface area (Å²) in [7, 11) is 0. The number of nitrogens with two attached hydrogens (primary N) is 1. The Hall–Kier alpha value is -1.00. The van der Waals surface area contributed by atoms with Gasteiger partial charge in [0.2, 0.25) is 0 Å². The van der Waals surface area contributed by atoms with Gasteiger partial charge in [-0.3, -0.25) is 0 Å². The highest BCUT2D eigenvalue weighted by Gasteiger charge is 2.18. The summed E-state index contributed by atoms with van der Waals surface area (Å²) in [5.74, 6) is 0.447. The lowest BCUT2D eigenvalue weighted by molar-refractivity contribution is 0.294. The zero-order chi connectivity index (χ0) is 10.7. The smallest absolute Gasteiger partial charge is 0.152 e. The van der Waals surface area contributed by atoms with E-state index in [9.17, 15) is 4.39 Å². The second-order valence-electron chi connectivity index (χ2n) is 3.23. The number of halogens is 1. The van der Waals surface area contributed by atoms with Gasteiger partial charge in [-0.2, -0.15) is 0 Å². The Balaban J connectivity index is 1.91. The van der Waals surface area contributed by atoms with E-state index in [0.29, 0.717) is 12.3 Å². The molecular formula is C11H12FNOS. The van der Waals surface area contributed by atoms with Gasteiger partial charge in [-0.15, -0.1) is 0 Å². The van der Waals surface area contributed by atoms with Crippen LogP contribution >= 0.6 is 11.8 Å². The van der Waals surface area contributed by atoms with E-state index in [2.05, 4.69) is 6.08 Å². The monoisotopic (exact) mass is 225 g/mol. The van der Waals surface area contributed by atoms with E-state index < -0.39 is 0 Å². The van der Waals surface area contributed by atoms with Crippen LogP contribution in [0.3, 0.4) is 0 Å². The molecule has 1 unspecified atom stereocenters. The SMILES string of the molecule is NCC1=CCC(Oc2ccc(F)cc2)S1. The maximum Gasteiger partial charge on any atom is 0.152 e. The maximum atomic E-state index is 12.6. The molecule has 1 aromatic carbocycles. The van der Waals surface area contributed by atoms with E-state index in [1.807, 2.05) is 0 Å². The quantitative estimate of drug-likeness (QED) is 0.858. The van der Waals surface area contributed by atoms with Crippen molar-refractivity contribution < 1.29 is 9.13 Å². The van der Waals surface area contributed by atoms with Crippen molar-refractivity contribution in [1.29, 1.82) is 0 Å². The van der Waals surface area contributed by atoms with Crippen LogP contribution in [-0.4, -0.2) is 12.0 Å². The van der Waals surface area contributed by atoms with Gasteiger partial charge >= 0.3 is 0 Å². The third kappa shape index (κ3) is 2.73. The van der Waals surface area contributed by atoms with E-state index in [1.165, 1.54) is 12.1 Å². The molecule has 0 saturated heterocycles. The van der Waals surface area contributed by atoms with Crippen LogP contribution in [0.15, 0.2) is 35.2 Å². The fourth-order valence-corrected chi connectivity index (χ4v) is 2.34. The molecule has 4 heteroatoms. The first-order valence-electron chi connectivity index (χ1n) is 4.76. The first kappa shape index (κ1) is 10.5. The normalized spacial score (nSPS) is 20.1. The Morgan fingerprint density at radius 2 is 2.13 bits per heavy atom. The summed E-state index contributed by atoms with van der Waals surface area (Å²) in [5, 5.41) is 0. The summed E-state index contributed by atoms with van der Waals surface area (Å²) >= 11 is 1.63. The van der Waals surface area contributed by atoms with Gasteiger partial charge < -0.3 is 10.5 Å². The first-order valence-corrected chi connectivity index (χ1v) is 5.64. The molecule has 80 valence electrons. The van der Waals surface area contributed by atoms with Gasteiger partial charge in [0.15, 0.2) is 5.44 Å². The highest BCUT2D eigenvalue weighted by atomic mass is 32.2. The average molecular weight is 225 g/mol. The maximum absolute atomic E-state index is 12.6. The molecule has 0 amide bonds. The van der Waals surface area contributed by atoms with Gasteiger partial charge in [-0.05, 0) is 29.2 Å². The molecule has 0 radical (unpaired) electrons. The molecule has 0 aliphatic carbocycles. The number of hydrogen-bond donors (Lipinski definition) is 1. The van der Waals surface area contributed by atoms with Gasteiger partial charge in [-0.1, -0.05) is 17.8 Å². The number of rotatable bonds is 3. The largest absolute Gasteiger partial charge is 0.479 e. The van der Waals surface area contributed by atoms with Crippen molar-refractivity contribution in [2.45, 2.75) is 11.9 Å². The van der Waals surface area contributed by atoms with E-state index in [1.54, 1.807) is 23.9 Å². The van der Waals surface area contributed by atoms with Crippen LogP contribution < -0.4 is 10.5 Å². The highest BCUT2D eigenvalue weighted by Crippen LogP contribution is 2.33. The lowest BCUT2D eigenvalue weighted by atomic mass is 10.3. The molecule has 0 fully saturated rings. The molecule has 1 atom stereocenters. The van der Waals surface area contributed by atoms with E-state index in [4.69, 9.17) is 10.5 Å². The minimum absolute atomic E-state index is 0.0778. The second-order valence-corrected chi connectivity index (χ2v) is 4.52. The fraction of sp³-hybridized carbons (Fsp3) is 0.273. The van der Waals surface area contributed by atoms with Gasteiger partial charge in [0, 0.05) is 13.0 Å². The average Bonchev–Trinajstić information content (AvgIpc) is 2.69. The van der Waals surface area contributed by atoms with E-state index in [-0.39, 0.29) is 11.3 Å². The molecule has 2 N–H and O–H groups in total. The van der Waals surface area contributed by atoms with Crippen molar-refractivity contribution in [3.05, 3.63) is 41.1 Å². The predicted molar refractivity (Wildman–Crippen MR) is 60.2 cm³/mol. The zero-order valence-electron chi connectivity index (χ0n) is 8.15. The molecule has 2 rings (SSSR count). The number of benzene rings is 1. The van der Waals surface area contributed by atoms with Crippen molar-refractivity contribution in [3.8, 4) is 5.75 Å². The fourth-order valence-electron chi connectivity index (χ4n) is 1.36. The van der Waals surface area contributed by atoms with Gasteiger partial charge in [-0.25, -0.2) is 4.39 Å². The highest BCUT2D eigenvalue weighted by molar-refractivity contribution is 8.03. The first-order chi connectivity index (χ1) is 7.28. The third-order valence-electron chi connectivity index (χ3n) is 2.10. The van der Waals surface area contributed by atoms with E-state index in [0.717, 1.165) is 11.3 Å². The van der Waals surface area contributed by atoms with Crippen LogP contribution in [0.25, 0.3) is 0 Å². The molecule has 0 aromatic heterocycles. The zero-order valence-corrected chi connectivity index (χ0v) is 8.97. The van der Waals surface area contributed by atoms with E-state index >= 15 is 0 Å². The topological polar surface area (TPSA) is 35.2 Å². The van der Waals surface area contributed by atoms with Crippen LogP contribution in [0.2, 0.25) is 0 Å². The molecular weight excluding hydrogens is 213 g/mol. The van der Waals surface area contributed by atoms with Crippen molar-refractivity contribution in [3.63, 3.8) is 0 Å². The molecule has 15 heavy (non-hydrogen) atoms. The summed E-state index contributed by atoms with van der Waals surface area (Å²) in [6.07, 6.45) is 2.94. The van der Waals surface area contributed by atoms with Crippen molar-refractivity contribution >= 4 is 11.8 Å². The molecule has 1 heterocycles. The van der Waals surface area contributed by atoms with Gasteiger partial charge in [0.1, 0.15) is 11.6 Å². The molecule has 0 bridgehead atoms. The van der Waals surface area contributed by atoms with Gasteiger partial charge in [0.05, 0.1) is 0 Å². The Morgan fingerprint density at radius 3 is 2.73 bits per heavy atom. The summed E-state index contributed by atoms with van der Waals surface area (Å²) in [6.45, 7) is 0.563. The van der Waals surface area contributed by atoms with Crippen molar-refractivity contribution in [2.24, 2.45) is 5.73 Å². The third-order valence-corrected chi connectivity index (χ3v) is 3.29. The lowest BCUT2D eigenvalue weighted by Crippen LogP contribution is -2.08. The van der Waals surface area contributed by atoms with Gasteiger partial charge in [0.25, 0.3) is 0 Å². The molecule has 1 aliphatic rings. The van der Waals surface area contributed by atoms with Crippen molar-refractivity contribution in [2.75, 3.05) is 6.54 Å². The van der Waals surface area contributed by atoms with Crippen LogP contribution in [0.4, 0.5) is 4.39 Å². The van der Waals surface area contributed by atoms with Crippen LogP contribution in [0.1, 0.15) is 6.42 Å². The Kier molecular flexibility index (Phi) is 3.28. The molecule has 1 aliphatic heterocycles. The summed E-state index contributed by atoms with van der Waals surface area (Å²) in [5.41, 5.74) is 5.59. The Morgan fingerprint density at radius 1 is 1.40 bits per heavy atom. The molecule has 0 saturated carbocycles. The van der Waals surface area contributed by atoms with Crippen LogP contribution in [0, 0.1) is 5.82 Å². The lowest BCUT2D eigenvalue weighted by Gasteiger charge is -2.12. The molecule has 0 spiro atoms.